The van der Waals surface area contributed by atoms with E-state index in [0.29, 0.717) is 11.6 Å². The molecule has 6 heteroatoms. The van der Waals surface area contributed by atoms with Crippen molar-refractivity contribution in [3.05, 3.63) is 50.3 Å². The molecule has 150 valence electrons. The fourth-order valence-corrected chi connectivity index (χ4v) is 4.81. The van der Waals surface area contributed by atoms with Gasteiger partial charge in [0.25, 0.3) is 5.56 Å². The summed E-state index contributed by atoms with van der Waals surface area (Å²) in [6.45, 7) is 12.0. The van der Waals surface area contributed by atoms with Crippen molar-refractivity contribution < 1.29 is 0 Å². The fraction of sp³-hybridized carbons (Fsp3) is 0.455. The van der Waals surface area contributed by atoms with Crippen LogP contribution in [0.4, 0.5) is 0 Å². The topological polar surface area (TPSA) is 38.1 Å². The molecule has 3 rings (SSSR count). The molecule has 2 heterocycles. The lowest BCUT2D eigenvalue weighted by Crippen LogP contribution is -2.33. The summed E-state index contributed by atoms with van der Waals surface area (Å²) in [6, 6.07) is 7.71. The summed E-state index contributed by atoms with van der Waals surface area (Å²) < 4.78 is 1.90. The molecule has 1 aromatic carbocycles. The van der Waals surface area contributed by atoms with Crippen molar-refractivity contribution in [3.63, 3.8) is 0 Å². The first kappa shape index (κ1) is 21.0. The number of benzene rings is 1. The molecule has 0 N–H and O–H groups in total. The molecule has 2 aromatic heterocycles. The first-order valence-electron chi connectivity index (χ1n) is 10.0. The van der Waals surface area contributed by atoms with E-state index in [4.69, 9.17) is 16.6 Å². The van der Waals surface area contributed by atoms with E-state index in [0.717, 1.165) is 64.5 Å². The number of aryl methyl sites for hydroxylation is 2. The van der Waals surface area contributed by atoms with Gasteiger partial charge in [0.1, 0.15) is 10.7 Å². The van der Waals surface area contributed by atoms with Gasteiger partial charge < -0.3 is 4.90 Å². The van der Waals surface area contributed by atoms with Crippen LogP contribution in [0.5, 0.6) is 0 Å². The molecule has 0 fully saturated rings. The lowest BCUT2D eigenvalue weighted by molar-refractivity contribution is 0.287. The van der Waals surface area contributed by atoms with Gasteiger partial charge in [-0.25, -0.2) is 4.98 Å². The van der Waals surface area contributed by atoms with Crippen molar-refractivity contribution in [2.45, 2.75) is 47.1 Å². The Labute approximate surface area is 175 Å². The summed E-state index contributed by atoms with van der Waals surface area (Å²) in [5.74, 6) is 0.899. The van der Waals surface area contributed by atoms with Crippen molar-refractivity contribution in [1.82, 2.24) is 14.5 Å². The van der Waals surface area contributed by atoms with E-state index in [1.54, 1.807) is 11.3 Å². The van der Waals surface area contributed by atoms with Crippen LogP contribution in [-0.4, -0.2) is 34.1 Å². The van der Waals surface area contributed by atoms with Gasteiger partial charge in [0.05, 0.1) is 5.39 Å². The summed E-state index contributed by atoms with van der Waals surface area (Å²) >= 11 is 7.67. The zero-order valence-corrected chi connectivity index (χ0v) is 18.7. The minimum atomic E-state index is 0.0786. The third-order valence-corrected chi connectivity index (χ3v) is 6.46. The minimum Gasteiger partial charge on any atom is -0.302 e. The Hall–Kier alpha value is -1.69. The number of hydrogen-bond acceptors (Lipinski definition) is 4. The maximum atomic E-state index is 13.6. The number of aromatic nitrogens is 2. The van der Waals surface area contributed by atoms with Crippen LogP contribution in [0.15, 0.2) is 29.1 Å². The number of halogens is 1. The summed E-state index contributed by atoms with van der Waals surface area (Å²) in [6.07, 6.45) is 1.79. The summed E-state index contributed by atoms with van der Waals surface area (Å²) in [5.41, 5.74) is 2.09. The van der Waals surface area contributed by atoms with Gasteiger partial charge in [-0.1, -0.05) is 44.5 Å². The molecule has 0 amide bonds. The van der Waals surface area contributed by atoms with E-state index in [2.05, 4.69) is 32.6 Å². The van der Waals surface area contributed by atoms with Gasteiger partial charge in [-0.15, -0.1) is 11.3 Å². The van der Waals surface area contributed by atoms with Crippen LogP contribution in [0, 0.1) is 6.92 Å². The predicted octanol–water partition coefficient (Wildman–Crippen LogP) is 5.38. The molecule has 28 heavy (non-hydrogen) atoms. The summed E-state index contributed by atoms with van der Waals surface area (Å²) in [4.78, 5) is 22.8. The highest BCUT2D eigenvalue weighted by Gasteiger charge is 2.19. The van der Waals surface area contributed by atoms with Gasteiger partial charge in [-0.3, -0.25) is 9.36 Å². The van der Waals surface area contributed by atoms with Crippen molar-refractivity contribution in [1.29, 1.82) is 0 Å². The molecular weight excluding hydrogens is 390 g/mol. The molecule has 0 unspecified atom stereocenters. The molecule has 0 radical (unpaired) electrons. The van der Waals surface area contributed by atoms with Crippen LogP contribution in [0.2, 0.25) is 5.02 Å². The van der Waals surface area contributed by atoms with E-state index < -0.39 is 0 Å². The standard InChI is InChI=1S/C22H28ClN3OS/c1-5-8-18-24-21-20(22(27)26(18)14-13-25(6-2)7-3)19(15(4)28-21)16-9-11-17(23)12-10-16/h9-12H,5-8,13-14H2,1-4H3. The van der Waals surface area contributed by atoms with E-state index >= 15 is 0 Å². The first-order valence-corrected chi connectivity index (χ1v) is 11.2. The third-order valence-electron chi connectivity index (χ3n) is 5.21. The maximum Gasteiger partial charge on any atom is 0.262 e. The number of nitrogens with zero attached hydrogens (tertiary/aromatic N) is 3. The zero-order chi connectivity index (χ0) is 20.3. The average Bonchev–Trinajstić information content (AvgIpc) is 3.01. The molecule has 0 bridgehead atoms. The van der Waals surface area contributed by atoms with E-state index in [-0.39, 0.29) is 5.56 Å². The molecule has 4 nitrogen and oxygen atoms in total. The normalized spacial score (nSPS) is 11.6. The van der Waals surface area contributed by atoms with Crippen molar-refractivity contribution >= 4 is 33.2 Å². The lowest BCUT2D eigenvalue weighted by atomic mass is 10.0. The van der Waals surface area contributed by atoms with Crippen LogP contribution in [0.1, 0.15) is 37.9 Å². The largest absolute Gasteiger partial charge is 0.302 e. The van der Waals surface area contributed by atoms with Gasteiger partial charge in [0.2, 0.25) is 0 Å². The first-order chi connectivity index (χ1) is 13.5. The van der Waals surface area contributed by atoms with Crippen LogP contribution in [0.25, 0.3) is 21.3 Å². The SMILES string of the molecule is CCCc1nc2sc(C)c(-c3ccc(Cl)cc3)c2c(=O)n1CCN(CC)CC. The van der Waals surface area contributed by atoms with Gasteiger partial charge >= 0.3 is 0 Å². The number of rotatable bonds is 8. The summed E-state index contributed by atoms with van der Waals surface area (Å²) in [5, 5.41) is 1.44. The Morgan fingerprint density at radius 2 is 1.82 bits per heavy atom. The molecule has 0 saturated heterocycles. The quantitative estimate of drug-likeness (QED) is 0.493. The maximum absolute atomic E-state index is 13.6. The number of hydrogen-bond donors (Lipinski definition) is 0. The monoisotopic (exact) mass is 417 g/mol. The molecule has 0 aliphatic carbocycles. The van der Waals surface area contributed by atoms with Gasteiger partial charge in [-0.05, 0) is 44.1 Å². The predicted molar refractivity (Wildman–Crippen MR) is 121 cm³/mol. The number of likely N-dealkylation sites (N-methyl/N-ethyl adjacent to an activating group) is 1. The average molecular weight is 418 g/mol. The van der Waals surface area contributed by atoms with Crippen molar-refractivity contribution in [2.24, 2.45) is 0 Å². The molecule has 0 aliphatic rings. The van der Waals surface area contributed by atoms with E-state index in [1.165, 1.54) is 0 Å². The highest BCUT2D eigenvalue weighted by atomic mass is 35.5. The smallest absolute Gasteiger partial charge is 0.262 e. The molecule has 0 atom stereocenters. The van der Waals surface area contributed by atoms with Crippen LogP contribution >= 0.6 is 22.9 Å². The Kier molecular flexibility index (Phi) is 6.91. The number of fused-ring (bicyclic) bond motifs is 1. The van der Waals surface area contributed by atoms with Gasteiger partial charge in [0, 0.05) is 35.0 Å². The third kappa shape index (κ3) is 4.17. The van der Waals surface area contributed by atoms with Crippen molar-refractivity contribution in [2.75, 3.05) is 19.6 Å². The van der Waals surface area contributed by atoms with E-state index in [1.807, 2.05) is 28.8 Å². The van der Waals surface area contributed by atoms with Crippen molar-refractivity contribution in [3.8, 4) is 11.1 Å². The van der Waals surface area contributed by atoms with Gasteiger partial charge in [0.15, 0.2) is 0 Å². The lowest BCUT2D eigenvalue weighted by Gasteiger charge is -2.20. The highest BCUT2D eigenvalue weighted by molar-refractivity contribution is 7.19. The molecule has 0 spiro atoms. The highest BCUT2D eigenvalue weighted by Crippen LogP contribution is 2.36. The molecular formula is C22H28ClN3OS. The van der Waals surface area contributed by atoms with Crippen LogP contribution in [-0.2, 0) is 13.0 Å². The number of thiophene rings is 1. The molecule has 0 saturated carbocycles. The second-order valence-electron chi connectivity index (χ2n) is 6.98. The van der Waals surface area contributed by atoms with E-state index in [9.17, 15) is 4.79 Å². The second-order valence-corrected chi connectivity index (χ2v) is 8.62. The fourth-order valence-electron chi connectivity index (χ4n) is 3.63. The summed E-state index contributed by atoms with van der Waals surface area (Å²) in [7, 11) is 0. The molecule has 0 aliphatic heterocycles. The van der Waals surface area contributed by atoms with Crippen LogP contribution < -0.4 is 5.56 Å². The Morgan fingerprint density at radius 3 is 2.43 bits per heavy atom. The second kappa shape index (κ2) is 9.21. The molecule has 3 aromatic rings. The Balaban J connectivity index is 2.17. The zero-order valence-electron chi connectivity index (χ0n) is 17.1. The Morgan fingerprint density at radius 1 is 1.14 bits per heavy atom. The minimum absolute atomic E-state index is 0.0786. The van der Waals surface area contributed by atoms with Gasteiger partial charge in [-0.2, -0.15) is 0 Å². The Bertz CT molecular complexity index is 1000. The van der Waals surface area contributed by atoms with Crippen LogP contribution in [0.3, 0.4) is 0 Å².